The van der Waals surface area contributed by atoms with Crippen molar-refractivity contribution in [1.82, 2.24) is 9.03 Å². The molecule has 0 aromatic heterocycles. The van der Waals surface area contributed by atoms with Gasteiger partial charge in [0.15, 0.2) is 0 Å². The van der Waals surface area contributed by atoms with Crippen LogP contribution >= 0.6 is 0 Å². The number of nitrogens with zero attached hydrogens (tertiary/aromatic N) is 1. The number of rotatable bonds is 8. The number of hydrogen-bond acceptors (Lipinski definition) is 3. The summed E-state index contributed by atoms with van der Waals surface area (Å²) in [6, 6.07) is 0. The first-order valence-corrected chi connectivity index (χ1v) is 8.34. The monoisotopic (exact) mass is 278 g/mol. The molecule has 0 saturated heterocycles. The van der Waals surface area contributed by atoms with E-state index in [1.54, 1.807) is 0 Å². The van der Waals surface area contributed by atoms with E-state index in [0.717, 1.165) is 25.7 Å². The lowest BCUT2D eigenvalue weighted by molar-refractivity contribution is 0.0527. The summed E-state index contributed by atoms with van der Waals surface area (Å²) in [7, 11) is -3.45. The first-order valence-electron chi connectivity index (χ1n) is 6.90. The number of aliphatic hydroxyl groups is 1. The fourth-order valence-corrected chi connectivity index (χ4v) is 3.86. The fourth-order valence-electron chi connectivity index (χ4n) is 2.38. The SMILES string of the molecule is CCCN(CCC)S(=O)(=O)NCC1(O)CCCC1. The molecular formula is C12H26N2O3S. The van der Waals surface area contributed by atoms with Crippen LogP contribution in [0.1, 0.15) is 52.4 Å². The van der Waals surface area contributed by atoms with Crippen molar-refractivity contribution in [2.45, 2.75) is 58.0 Å². The second kappa shape index (κ2) is 6.84. The second-order valence-electron chi connectivity index (χ2n) is 5.16. The van der Waals surface area contributed by atoms with Crippen LogP contribution in [0.15, 0.2) is 0 Å². The molecule has 0 heterocycles. The fraction of sp³-hybridized carbons (Fsp3) is 1.00. The van der Waals surface area contributed by atoms with Crippen molar-refractivity contribution in [3.8, 4) is 0 Å². The zero-order valence-electron chi connectivity index (χ0n) is 11.5. The van der Waals surface area contributed by atoms with Gasteiger partial charge in [0.2, 0.25) is 0 Å². The predicted octanol–water partition coefficient (Wildman–Crippen LogP) is 1.25. The van der Waals surface area contributed by atoms with E-state index in [4.69, 9.17) is 0 Å². The highest BCUT2D eigenvalue weighted by molar-refractivity contribution is 7.87. The molecule has 2 N–H and O–H groups in total. The lowest BCUT2D eigenvalue weighted by Gasteiger charge is -2.26. The Hall–Kier alpha value is -0.170. The van der Waals surface area contributed by atoms with Crippen LogP contribution in [0.2, 0.25) is 0 Å². The van der Waals surface area contributed by atoms with Crippen molar-refractivity contribution < 1.29 is 13.5 Å². The van der Waals surface area contributed by atoms with Crippen LogP contribution in [-0.4, -0.2) is 43.1 Å². The summed E-state index contributed by atoms with van der Waals surface area (Å²) in [6.45, 7) is 5.12. The van der Waals surface area contributed by atoms with E-state index in [1.165, 1.54) is 4.31 Å². The minimum atomic E-state index is -3.45. The van der Waals surface area contributed by atoms with Crippen molar-refractivity contribution in [1.29, 1.82) is 0 Å². The minimum absolute atomic E-state index is 0.138. The average Bonchev–Trinajstić information content (AvgIpc) is 2.74. The van der Waals surface area contributed by atoms with E-state index < -0.39 is 15.8 Å². The zero-order chi connectivity index (χ0) is 13.6. The molecule has 18 heavy (non-hydrogen) atoms. The van der Waals surface area contributed by atoms with E-state index in [-0.39, 0.29) is 6.54 Å². The maximum absolute atomic E-state index is 12.1. The van der Waals surface area contributed by atoms with Gasteiger partial charge in [-0.05, 0) is 25.7 Å². The van der Waals surface area contributed by atoms with Gasteiger partial charge in [-0.25, -0.2) is 0 Å². The molecule has 1 saturated carbocycles. The molecule has 1 aliphatic rings. The summed E-state index contributed by atoms with van der Waals surface area (Å²) in [5.74, 6) is 0. The number of nitrogens with one attached hydrogen (secondary N) is 1. The van der Waals surface area contributed by atoms with Crippen LogP contribution in [0, 0.1) is 0 Å². The van der Waals surface area contributed by atoms with Crippen molar-refractivity contribution >= 4 is 10.2 Å². The van der Waals surface area contributed by atoms with E-state index in [1.807, 2.05) is 13.8 Å². The van der Waals surface area contributed by atoms with Crippen molar-refractivity contribution in [3.63, 3.8) is 0 Å². The van der Waals surface area contributed by atoms with E-state index in [0.29, 0.717) is 25.9 Å². The van der Waals surface area contributed by atoms with Gasteiger partial charge in [0.1, 0.15) is 0 Å². The van der Waals surface area contributed by atoms with Gasteiger partial charge in [0, 0.05) is 19.6 Å². The van der Waals surface area contributed by atoms with Crippen LogP contribution in [-0.2, 0) is 10.2 Å². The van der Waals surface area contributed by atoms with E-state index in [9.17, 15) is 13.5 Å². The van der Waals surface area contributed by atoms with Gasteiger partial charge >= 0.3 is 0 Å². The highest BCUT2D eigenvalue weighted by Gasteiger charge is 2.33. The van der Waals surface area contributed by atoms with Gasteiger partial charge < -0.3 is 5.11 Å². The van der Waals surface area contributed by atoms with Gasteiger partial charge in [0.25, 0.3) is 10.2 Å². The third kappa shape index (κ3) is 4.50. The summed E-state index contributed by atoms with van der Waals surface area (Å²) >= 11 is 0. The first-order chi connectivity index (χ1) is 8.43. The third-order valence-corrected chi connectivity index (χ3v) is 4.96. The molecule has 1 rings (SSSR count). The molecule has 0 bridgehead atoms. The van der Waals surface area contributed by atoms with E-state index in [2.05, 4.69) is 4.72 Å². The predicted molar refractivity (Wildman–Crippen MR) is 72.5 cm³/mol. The number of hydrogen-bond donors (Lipinski definition) is 2. The van der Waals surface area contributed by atoms with Crippen molar-refractivity contribution in [2.24, 2.45) is 0 Å². The Morgan fingerprint density at radius 3 is 2.11 bits per heavy atom. The Balaban J connectivity index is 2.56. The largest absolute Gasteiger partial charge is 0.389 e. The molecule has 1 fully saturated rings. The summed E-state index contributed by atoms with van der Waals surface area (Å²) in [6.07, 6.45) is 4.93. The Bertz CT molecular complexity index is 331. The minimum Gasteiger partial charge on any atom is -0.389 e. The van der Waals surface area contributed by atoms with Crippen LogP contribution in [0.25, 0.3) is 0 Å². The van der Waals surface area contributed by atoms with Crippen LogP contribution in [0.3, 0.4) is 0 Å². The standard InChI is InChI=1S/C12H26N2O3S/c1-3-9-14(10-4-2)18(16,17)13-11-12(15)7-5-6-8-12/h13,15H,3-11H2,1-2H3. The Morgan fingerprint density at radius 2 is 1.67 bits per heavy atom. The quantitative estimate of drug-likeness (QED) is 0.702. The highest BCUT2D eigenvalue weighted by atomic mass is 32.2. The zero-order valence-corrected chi connectivity index (χ0v) is 12.3. The Kier molecular flexibility index (Phi) is 6.04. The molecule has 0 aromatic carbocycles. The van der Waals surface area contributed by atoms with Gasteiger partial charge in [-0.2, -0.15) is 17.4 Å². The van der Waals surface area contributed by atoms with Gasteiger partial charge in [-0.15, -0.1) is 0 Å². The molecular weight excluding hydrogens is 252 g/mol. The second-order valence-corrected chi connectivity index (χ2v) is 6.91. The molecule has 0 radical (unpaired) electrons. The molecule has 108 valence electrons. The molecule has 1 aliphatic carbocycles. The summed E-state index contributed by atoms with van der Waals surface area (Å²) < 4.78 is 28.2. The average molecular weight is 278 g/mol. The van der Waals surface area contributed by atoms with Gasteiger partial charge in [-0.1, -0.05) is 26.7 Å². The van der Waals surface area contributed by atoms with Crippen LogP contribution in [0.4, 0.5) is 0 Å². The highest BCUT2D eigenvalue weighted by Crippen LogP contribution is 2.28. The van der Waals surface area contributed by atoms with Gasteiger partial charge in [-0.3, -0.25) is 0 Å². The summed E-state index contributed by atoms with van der Waals surface area (Å²) in [5, 5.41) is 10.2. The summed E-state index contributed by atoms with van der Waals surface area (Å²) in [4.78, 5) is 0. The molecule has 0 aliphatic heterocycles. The summed E-state index contributed by atoms with van der Waals surface area (Å²) in [5.41, 5.74) is -0.836. The Labute approximate surface area is 111 Å². The molecule has 0 atom stereocenters. The third-order valence-electron chi connectivity index (χ3n) is 3.40. The maximum Gasteiger partial charge on any atom is 0.279 e. The molecule has 0 aromatic rings. The molecule has 0 unspecified atom stereocenters. The van der Waals surface area contributed by atoms with Crippen LogP contribution < -0.4 is 4.72 Å². The van der Waals surface area contributed by atoms with Crippen molar-refractivity contribution in [3.05, 3.63) is 0 Å². The topological polar surface area (TPSA) is 69.6 Å². The van der Waals surface area contributed by atoms with Gasteiger partial charge in [0.05, 0.1) is 5.60 Å². The molecule has 5 nitrogen and oxygen atoms in total. The van der Waals surface area contributed by atoms with Crippen molar-refractivity contribution in [2.75, 3.05) is 19.6 Å². The normalized spacial score (nSPS) is 19.6. The van der Waals surface area contributed by atoms with Crippen LogP contribution in [0.5, 0.6) is 0 Å². The van der Waals surface area contributed by atoms with E-state index >= 15 is 0 Å². The smallest absolute Gasteiger partial charge is 0.279 e. The first kappa shape index (κ1) is 15.9. The lowest BCUT2D eigenvalue weighted by atomic mass is 10.0. The molecule has 0 amide bonds. The molecule has 6 heteroatoms. The molecule has 0 spiro atoms. The maximum atomic E-state index is 12.1. The Morgan fingerprint density at radius 1 is 1.17 bits per heavy atom. The lowest BCUT2D eigenvalue weighted by Crippen LogP contribution is -2.47.